The monoisotopic (exact) mass is 273 g/mol. The van der Waals surface area contributed by atoms with E-state index in [1.807, 2.05) is 0 Å². The van der Waals surface area contributed by atoms with Crippen molar-refractivity contribution in [2.45, 2.75) is 19.9 Å². The predicted molar refractivity (Wildman–Crippen MR) is 67.7 cm³/mol. The molecular formula is C12H16FNO3S. The first-order chi connectivity index (χ1) is 8.34. The van der Waals surface area contributed by atoms with Gasteiger partial charge in [0, 0.05) is 17.4 Å². The van der Waals surface area contributed by atoms with E-state index < -0.39 is 27.6 Å². The van der Waals surface area contributed by atoms with Gasteiger partial charge in [0.2, 0.25) is 0 Å². The molecular weight excluding hydrogens is 257 g/mol. The molecule has 1 unspecified atom stereocenters. The Labute approximate surface area is 106 Å². The van der Waals surface area contributed by atoms with E-state index in [0.717, 1.165) is 6.07 Å². The first kappa shape index (κ1) is 14.6. The minimum atomic E-state index is -3.14. The number of carbonyl (C=O) groups excluding carboxylic acids is 1. The third-order valence-corrected chi connectivity index (χ3v) is 4.30. The van der Waals surface area contributed by atoms with Crippen molar-refractivity contribution < 1.29 is 17.6 Å². The minimum Gasteiger partial charge on any atom is -0.349 e. The molecule has 100 valence electrons. The standard InChI is InChI=1S/C12H16FNO3S/c1-3-18(16,17)8-9(2)14-12(15)10-5-4-6-11(13)7-10/h4-7,9H,3,8H2,1-2H3,(H,14,15). The molecule has 0 aliphatic rings. The van der Waals surface area contributed by atoms with Crippen LogP contribution in [0.1, 0.15) is 24.2 Å². The van der Waals surface area contributed by atoms with Crippen LogP contribution in [0.25, 0.3) is 0 Å². The Kier molecular flexibility index (Phi) is 4.84. The first-order valence-electron chi connectivity index (χ1n) is 5.61. The molecule has 0 saturated heterocycles. The molecule has 0 bridgehead atoms. The molecule has 0 saturated carbocycles. The Morgan fingerprint density at radius 2 is 2.11 bits per heavy atom. The molecule has 0 heterocycles. The third-order valence-electron chi connectivity index (χ3n) is 2.41. The molecule has 1 atom stereocenters. The van der Waals surface area contributed by atoms with Crippen LogP contribution in [0.15, 0.2) is 24.3 Å². The van der Waals surface area contributed by atoms with E-state index in [2.05, 4.69) is 5.32 Å². The normalized spacial score (nSPS) is 13.1. The molecule has 1 rings (SSSR count). The number of hydrogen-bond acceptors (Lipinski definition) is 3. The second-order valence-electron chi connectivity index (χ2n) is 4.08. The fourth-order valence-electron chi connectivity index (χ4n) is 1.48. The van der Waals surface area contributed by atoms with Gasteiger partial charge in [0.05, 0.1) is 5.75 Å². The van der Waals surface area contributed by atoms with Gasteiger partial charge in [-0.2, -0.15) is 0 Å². The number of amides is 1. The largest absolute Gasteiger partial charge is 0.349 e. The van der Waals surface area contributed by atoms with Gasteiger partial charge in [0.1, 0.15) is 5.82 Å². The van der Waals surface area contributed by atoms with Crippen molar-refractivity contribution in [2.24, 2.45) is 0 Å². The highest BCUT2D eigenvalue weighted by Crippen LogP contribution is 2.04. The maximum absolute atomic E-state index is 12.9. The van der Waals surface area contributed by atoms with Crippen LogP contribution in [0.4, 0.5) is 4.39 Å². The van der Waals surface area contributed by atoms with Gasteiger partial charge in [-0.3, -0.25) is 4.79 Å². The minimum absolute atomic E-state index is 0.0349. The predicted octanol–water partition coefficient (Wildman–Crippen LogP) is 1.38. The molecule has 1 aromatic carbocycles. The van der Waals surface area contributed by atoms with Crippen LogP contribution in [-0.4, -0.2) is 31.9 Å². The number of benzene rings is 1. The van der Waals surface area contributed by atoms with Crippen LogP contribution in [0.2, 0.25) is 0 Å². The van der Waals surface area contributed by atoms with Gasteiger partial charge >= 0.3 is 0 Å². The second kappa shape index (κ2) is 5.95. The molecule has 0 aromatic heterocycles. The van der Waals surface area contributed by atoms with Crippen molar-refractivity contribution in [3.8, 4) is 0 Å². The van der Waals surface area contributed by atoms with Crippen LogP contribution in [0, 0.1) is 5.82 Å². The van der Waals surface area contributed by atoms with Crippen molar-refractivity contribution in [1.29, 1.82) is 0 Å². The summed E-state index contributed by atoms with van der Waals surface area (Å²) in [5.41, 5.74) is 0.177. The van der Waals surface area contributed by atoms with E-state index in [0.29, 0.717) is 0 Å². The van der Waals surface area contributed by atoms with Gasteiger partial charge in [0.25, 0.3) is 5.91 Å². The van der Waals surface area contributed by atoms with Crippen molar-refractivity contribution in [2.75, 3.05) is 11.5 Å². The summed E-state index contributed by atoms with van der Waals surface area (Å²) in [4.78, 5) is 11.7. The van der Waals surface area contributed by atoms with E-state index in [1.165, 1.54) is 18.2 Å². The molecule has 6 heteroatoms. The van der Waals surface area contributed by atoms with Crippen molar-refractivity contribution in [1.82, 2.24) is 5.32 Å². The van der Waals surface area contributed by atoms with Crippen LogP contribution in [-0.2, 0) is 9.84 Å². The fourth-order valence-corrected chi connectivity index (χ4v) is 2.56. The quantitative estimate of drug-likeness (QED) is 0.881. The number of carbonyl (C=O) groups is 1. The Balaban J connectivity index is 2.66. The molecule has 4 nitrogen and oxygen atoms in total. The van der Waals surface area contributed by atoms with E-state index >= 15 is 0 Å². The van der Waals surface area contributed by atoms with E-state index in [-0.39, 0.29) is 17.1 Å². The highest BCUT2D eigenvalue weighted by Gasteiger charge is 2.16. The zero-order valence-electron chi connectivity index (χ0n) is 10.3. The summed E-state index contributed by atoms with van der Waals surface area (Å²) < 4.78 is 35.7. The van der Waals surface area contributed by atoms with E-state index in [4.69, 9.17) is 0 Å². The maximum atomic E-state index is 12.9. The number of rotatable bonds is 5. The zero-order valence-corrected chi connectivity index (χ0v) is 11.1. The van der Waals surface area contributed by atoms with E-state index in [9.17, 15) is 17.6 Å². The zero-order chi connectivity index (χ0) is 13.8. The van der Waals surface area contributed by atoms with Gasteiger partial charge in [-0.25, -0.2) is 12.8 Å². The fraction of sp³-hybridized carbons (Fsp3) is 0.417. The topological polar surface area (TPSA) is 63.2 Å². The lowest BCUT2D eigenvalue weighted by Gasteiger charge is -2.13. The van der Waals surface area contributed by atoms with Gasteiger partial charge in [-0.1, -0.05) is 13.0 Å². The van der Waals surface area contributed by atoms with Crippen molar-refractivity contribution >= 4 is 15.7 Å². The lowest BCUT2D eigenvalue weighted by atomic mass is 10.2. The lowest BCUT2D eigenvalue weighted by molar-refractivity contribution is 0.0943. The number of sulfone groups is 1. The summed E-state index contributed by atoms with van der Waals surface area (Å²) in [5.74, 6) is -1.07. The van der Waals surface area contributed by atoms with Crippen molar-refractivity contribution in [3.05, 3.63) is 35.6 Å². The summed E-state index contributed by atoms with van der Waals surface area (Å²) in [6.07, 6.45) is 0. The van der Waals surface area contributed by atoms with Crippen LogP contribution in [0.5, 0.6) is 0 Å². The molecule has 1 aromatic rings. The van der Waals surface area contributed by atoms with Crippen LogP contribution in [0.3, 0.4) is 0 Å². The van der Waals surface area contributed by atoms with Gasteiger partial charge in [-0.05, 0) is 25.1 Å². The van der Waals surface area contributed by atoms with Gasteiger partial charge < -0.3 is 5.32 Å². The summed E-state index contributed by atoms with van der Waals surface area (Å²) in [7, 11) is -3.14. The highest BCUT2D eigenvalue weighted by molar-refractivity contribution is 7.91. The van der Waals surface area contributed by atoms with Crippen LogP contribution < -0.4 is 5.32 Å². The second-order valence-corrected chi connectivity index (χ2v) is 6.48. The Bertz CT molecular complexity index is 528. The average Bonchev–Trinajstić information content (AvgIpc) is 2.28. The van der Waals surface area contributed by atoms with Crippen molar-refractivity contribution in [3.63, 3.8) is 0 Å². The Hall–Kier alpha value is -1.43. The number of nitrogens with one attached hydrogen (secondary N) is 1. The van der Waals surface area contributed by atoms with E-state index in [1.54, 1.807) is 13.8 Å². The summed E-state index contributed by atoms with van der Waals surface area (Å²) in [6, 6.07) is 4.74. The number of halogens is 1. The molecule has 0 aliphatic carbocycles. The number of hydrogen-bond donors (Lipinski definition) is 1. The Morgan fingerprint density at radius 1 is 1.44 bits per heavy atom. The SMILES string of the molecule is CCS(=O)(=O)CC(C)NC(=O)c1cccc(F)c1. The molecule has 0 radical (unpaired) electrons. The lowest BCUT2D eigenvalue weighted by Crippen LogP contribution is -2.38. The summed E-state index contributed by atoms with van der Waals surface area (Å²) in [5, 5.41) is 2.53. The van der Waals surface area contributed by atoms with Gasteiger partial charge in [0.15, 0.2) is 9.84 Å². The smallest absolute Gasteiger partial charge is 0.251 e. The maximum Gasteiger partial charge on any atom is 0.251 e. The summed E-state index contributed by atoms with van der Waals surface area (Å²) >= 11 is 0. The molecule has 0 spiro atoms. The molecule has 0 fully saturated rings. The molecule has 0 aliphatic heterocycles. The highest BCUT2D eigenvalue weighted by atomic mass is 32.2. The third kappa shape index (κ3) is 4.44. The Morgan fingerprint density at radius 3 is 2.67 bits per heavy atom. The first-order valence-corrected chi connectivity index (χ1v) is 7.43. The average molecular weight is 273 g/mol. The van der Waals surface area contributed by atoms with Crippen LogP contribution >= 0.6 is 0 Å². The molecule has 18 heavy (non-hydrogen) atoms. The summed E-state index contributed by atoms with van der Waals surface area (Å²) in [6.45, 7) is 3.15. The van der Waals surface area contributed by atoms with Gasteiger partial charge in [-0.15, -0.1) is 0 Å². The molecule has 1 N–H and O–H groups in total. The molecule has 1 amide bonds.